The Bertz CT molecular complexity index is 814. The van der Waals surface area contributed by atoms with E-state index >= 15 is 0 Å². The van der Waals surface area contributed by atoms with E-state index in [1.54, 1.807) is 63.2 Å². The van der Waals surface area contributed by atoms with Crippen LogP contribution in [-0.2, 0) is 9.47 Å². The van der Waals surface area contributed by atoms with Crippen LogP contribution in [0.25, 0.3) is 0 Å². The van der Waals surface area contributed by atoms with Gasteiger partial charge in [0.25, 0.3) is 0 Å². The molecule has 0 aliphatic rings. The van der Waals surface area contributed by atoms with Crippen molar-refractivity contribution in [2.45, 2.75) is 26.4 Å². The minimum absolute atomic E-state index is 0.289. The third-order valence-corrected chi connectivity index (χ3v) is 3.38. The topological polar surface area (TPSA) is 73.9 Å². The molecule has 2 aromatic rings. The molecule has 6 nitrogen and oxygen atoms in total. The summed E-state index contributed by atoms with van der Waals surface area (Å²) in [6, 6.07) is 11.4. The smallest absolute Gasteiger partial charge is 0.412 e. The number of anilines is 1. The van der Waals surface area contributed by atoms with E-state index in [2.05, 4.69) is 10.1 Å². The molecule has 0 spiro atoms. The van der Waals surface area contributed by atoms with Crippen LogP contribution in [-0.4, -0.2) is 24.8 Å². The van der Waals surface area contributed by atoms with Gasteiger partial charge in [-0.15, -0.1) is 0 Å². The highest BCUT2D eigenvalue weighted by molar-refractivity contribution is 6.33. The lowest BCUT2D eigenvalue weighted by molar-refractivity contribution is 0.0598. The van der Waals surface area contributed by atoms with Gasteiger partial charge in [-0.2, -0.15) is 0 Å². The molecule has 0 heterocycles. The molecular weight excluding hydrogens is 358 g/mol. The van der Waals surface area contributed by atoms with Gasteiger partial charge in [-0.05, 0) is 51.1 Å². The van der Waals surface area contributed by atoms with Crippen LogP contribution in [0.15, 0.2) is 42.5 Å². The normalized spacial score (nSPS) is 10.8. The molecule has 138 valence electrons. The number of benzene rings is 2. The van der Waals surface area contributed by atoms with Crippen LogP contribution in [0.4, 0.5) is 10.5 Å². The van der Waals surface area contributed by atoms with Gasteiger partial charge in [-0.25, -0.2) is 9.59 Å². The molecule has 0 aromatic heterocycles. The van der Waals surface area contributed by atoms with E-state index in [0.717, 1.165) is 0 Å². The van der Waals surface area contributed by atoms with E-state index in [0.29, 0.717) is 22.7 Å². The number of rotatable bonds is 4. The highest BCUT2D eigenvalue weighted by Crippen LogP contribution is 2.30. The number of ether oxygens (including phenoxy) is 3. The summed E-state index contributed by atoms with van der Waals surface area (Å²) in [6.45, 7) is 5.31. The largest absolute Gasteiger partial charge is 0.465 e. The second kappa shape index (κ2) is 8.10. The maximum atomic E-state index is 11.8. The monoisotopic (exact) mass is 377 g/mol. The number of halogens is 1. The van der Waals surface area contributed by atoms with E-state index < -0.39 is 17.7 Å². The van der Waals surface area contributed by atoms with Crippen molar-refractivity contribution >= 4 is 29.4 Å². The lowest BCUT2D eigenvalue weighted by Gasteiger charge is -2.20. The van der Waals surface area contributed by atoms with Crippen molar-refractivity contribution in [3.63, 3.8) is 0 Å². The van der Waals surface area contributed by atoms with E-state index in [1.165, 1.54) is 7.11 Å². The zero-order valence-corrected chi connectivity index (χ0v) is 15.7. The van der Waals surface area contributed by atoms with Gasteiger partial charge in [0.1, 0.15) is 17.1 Å². The summed E-state index contributed by atoms with van der Waals surface area (Å²) in [5, 5.41) is 2.87. The number of hydrogen-bond acceptors (Lipinski definition) is 5. The minimum atomic E-state index is -0.607. The molecule has 2 rings (SSSR count). The molecule has 1 N–H and O–H groups in total. The van der Waals surface area contributed by atoms with Crippen molar-refractivity contribution < 1.29 is 23.8 Å². The zero-order chi connectivity index (χ0) is 19.3. The van der Waals surface area contributed by atoms with E-state index in [1.807, 2.05) is 0 Å². The van der Waals surface area contributed by atoms with Gasteiger partial charge in [0.15, 0.2) is 0 Å². The molecule has 0 saturated carbocycles. The first-order valence-electron chi connectivity index (χ1n) is 7.84. The number of esters is 1. The Morgan fingerprint density at radius 1 is 1.04 bits per heavy atom. The predicted octanol–water partition coefficient (Wildman–Crippen LogP) is 5.27. The Hall–Kier alpha value is -2.73. The Balaban J connectivity index is 2.10. The second-order valence-electron chi connectivity index (χ2n) is 6.39. The summed E-state index contributed by atoms with van der Waals surface area (Å²) in [6.07, 6.45) is -0.598. The average Bonchev–Trinajstić information content (AvgIpc) is 2.55. The molecule has 0 aliphatic carbocycles. The molecule has 0 unspecified atom stereocenters. The van der Waals surface area contributed by atoms with Gasteiger partial charge in [0, 0.05) is 6.07 Å². The van der Waals surface area contributed by atoms with Crippen LogP contribution < -0.4 is 10.1 Å². The molecular formula is C19H20ClNO5. The maximum Gasteiger partial charge on any atom is 0.412 e. The fourth-order valence-corrected chi connectivity index (χ4v) is 2.23. The van der Waals surface area contributed by atoms with Crippen LogP contribution in [0.2, 0.25) is 5.02 Å². The predicted molar refractivity (Wildman–Crippen MR) is 99.2 cm³/mol. The van der Waals surface area contributed by atoms with Gasteiger partial charge in [-0.3, -0.25) is 5.32 Å². The van der Waals surface area contributed by atoms with Crippen molar-refractivity contribution in [1.29, 1.82) is 0 Å². The van der Waals surface area contributed by atoms with Gasteiger partial charge in [0.05, 0.1) is 23.4 Å². The van der Waals surface area contributed by atoms with Crippen molar-refractivity contribution in [3.05, 3.63) is 53.1 Å². The van der Waals surface area contributed by atoms with Gasteiger partial charge in [0.2, 0.25) is 0 Å². The minimum Gasteiger partial charge on any atom is -0.465 e. The van der Waals surface area contributed by atoms with E-state index in [4.69, 9.17) is 21.1 Å². The number of amides is 1. The maximum absolute atomic E-state index is 11.8. The highest BCUT2D eigenvalue weighted by atomic mass is 35.5. The molecule has 26 heavy (non-hydrogen) atoms. The fraction of sp³-hybridized carbons (Fsp3) is 0.263. The van der Waals surface area contributed by atoms with Crippen molar-refractivity contribution in [3.8, 4) is 11.5 Å². The van der Waals surface area contributed by atoms with Gasteiger partial charge in [-0.1, -0.05) is 17.7 Å². The number of nitrogens with one attached hydrogen (secondary N) is 1. The number of carbonyl (C=O) groups is 2. The molecule has 1 amide bonds. The highest BCUT2D eigenvalue weighted by Gasteiger charge is 2.17. The van der Waals surface area contributed by atoms with Crippen LogP contribution in [0, 0.1) is 0 Å². The molecule has 0 atom stereocenters. The summed E-state index contributed by atoms with van der Waals surface area (Å²) >= 11 is 6.19. The van der Waals surface area contributed by atoms with Crippen LogP contribution in [0.5, 0.6) is 11.5 Å². The standard InChI is InChI=1S/C19H20ClNO5/c1-19(2,3)26-18(23)21-16-9-8-14(11-15(16)20)25-13-7-5-6-12(10-13)17(22)24-4/h5-11H,1-4H3,(H,21,23). The third kappa shape index (κ3) is 5.67. The fourth-order valence-electron chi connectivity index (χ4n) is 2.01. The molecule has 0 aliphatic heterocycles. The van der Waals surface area contributed by atoms with Crippen molar-refractivity contribution in [1.82, 2.24) is 0 Å². The second-order valence-corrected chi connectivity index (χ2v) is 6.80. The Morgan fingerprint density at radius 3 is 2.35 bits per heavy atom. The summed E-state index contributed by atoms with van der Waals surface area (Å²) in [4.78, 5) is 23.4. The van der Waals surface area contributed by atoms with Crippen LogP contribution >= 0.6 is 11.6 Å². The van der Waals surface area contributed by atoms with E-state index in [9.17, 15) is 9.59 Å². The SMILES string of the molecule is COC(=O)c1cccc(Oc2ccc(NC(=O)OC(C)(C)C)c(Cl)c2)c1. The number of methoxy groups -OCH3 is 1. The van der Waals surface area contributed by atoms with Crippen molar-refractivity contribution in [2.24, 2.45) is 0 Å². The first-order valence-corrected chi connectivity index (χ1v) is 8.21. The van der Waals surface area contributed by atoms with Gasteiger partial charge >= 0.3 is 12.1 Å². The zero-order valence-electron chi connectivity index (χ0n) is 15.0. The first kappa shape index (κ1) is 19.6. The average molecular weight is 378 g/mol. The molecule has 2 aromatic carbocycles. The molecule has 0 saturated heterocycles. The van der Waals surface area contributed by atoms with Crippen molar-refractivity contribution in [2.75, 3.05) is 12.4 Å². The van der Waals surface area contributed by atoms with Crippen LogP contribution in [0.3, 0.4) is 0 Å². The summed E-state index contributed by atoms with van der Waals surface area (Å²) in [7, 11) is 1.31. The Labute approximate surface area is 157 Å². The number of hydrogen-bond donors (Lipinski definition) is 1. The summed E-state index contributed by atoms with van der Waals surface area (Å²) in [5.74, 6) is 0.453. The third-order valence-electron chi connectivity index (χ3n) is 3.07. The summed E-state index contributed by atoms with van der Waals surface area (Å²) in [5.41, 5.74) is 0.167. The Kier molecular flexibility index (Phi) is 6.10. The lowest BCUT2D eigenvalue weighted by atomic mass is 10.2. The van der Waals surface area contributed by atoms with E-state index in [-0.39, 0.29) is 5.02 Å². The quantitative estimate of drug-likeness (QED) is 0.735. The lowest BCUT2D eigenvalue weighted by Crippen LogP contribution is -2.27. The summed E-state index contributed by atoms with van der Waals surface area (Å²) < 4.78 is 15.6. The van der Waals surface area contributed by atoms with Gasteiger partial charge < -0.3 is 14.2 Å². The number of carbonyl (C=O) groups excluding carboxylic acids is 2. The Morgan fingerprint density at radius 2 is 1.73 bits per heavy atom. The molecule has 7 heteroatoms. The van der Waals surface area contributed by atoms with Crippen LogP contribution in [0.1, 0.15) is 31.1 Å². The molecule has 0 radical (unpaired) electrons. The molecule has 0 bridgehead atoms. The molecule has 0 fully saturated rings. The first-order chi connectivity index (χ1) is 12.2.